The maximum absolute atomic E-state index is 3.48. The highest BCUT2D eigenvalue weighted by Crippen LogP contribution is 2.42. The Morgan fingerprint density at radius 1 is 1.33 bits per heavy atom. The van der Waals surface area contributed by atoms with Gasteiger partial charge in [0, 0.05) is 37.3 Å². The molecule has 3 rings (SSSR count). The van der Waals surface area contributed by atoms with Gasteiger partial charge in [0.25, 0.3) is 0 Å². The predicted molar refractivity (Wildman–Crippen MR) is 63.4 cm³/mol. The fourth-order valence-electron chi connectivity index (χ4n) is 2.92. The van der Waals surface area contributed by atoms with E-state index in [1.807, 2.05) is 0 Å². The maximum Gasteiger partial charge on any atom is 0.0451 e. The van der Waals surface area contributed by atoms with E-state index in [-0.39, 0.29) is 0 Å². The van der Waals surface area contributed by atoms with Crippen LogP contribution in [0.4, 0.5) is 5.69 Å². The van der Waals surface area contributed by atoms with Gasteiger partial charge in [0.05, 0.1) is 0 Å². The van der Waals surface area contributed by atoms with E-state index in [0.29, 0.717) is 5.41 Å². The quantitative estimate of drug-likeness (QED) is 0.691. The summed E-state index contributed by atoms with van der Waals surface area (Å²) in [6, 6.07) is 6.75. The Hall–Kier alpha value is -1.02. The molecule has 0 unspecified atom stereocenters. The van der Waals surface area contributed by atoms with Crippen LogP contribution in [0.15, 0.2) is 18.2 Å². The summed E-state index contributed by atoms with van der Waals surface area (Å²) >= 11 is 0. The zero-order chi connectivity index (χ0) is 10.5. The summed E-state index contributed by atoms with van der Waals surface area (Å²) in [5.41, 5.74) is 4.83. The molecule has 0 spiro atoms. The second-order valence-electron chi connectivity index (χ2n) is 5.30. The Kier molecular flexibility index (Phi) is 1.84. The molecule has 0 aromatic heterocycles. The zero-order valence-electron chi connectivity index (χ0n) is 9.51. The molecule has 80 valence electrons. The third kappa shape index (κ3) is 1.28. The first kappa shape index (κ1) is 9.22. The lowest BCUT2D eigenvalue weighted by Gasteiger charge is -2.21. The molecule has 1 N–H and O–H groups in total. The van der Waals surface area contributed by atoms with E-state index in [1.165, 1.54) is 23.4 Å². The van der Waals surface area contributed by atoms with Gasteiger partial charge in [-0.3, -0.25) is 0 Å². The molecule has 0 atom stereocenters. The second-order valence-corrected chi connectivity index (χ2v) is 5.30. The summed E-state index contributed by atoms with van der Waals surface area (Å²) in [6.45, 7) is 9.14. The van der Waals surface area contributed by atoms with Gasteiger partial charge in [0.2, 0.25) is 0 Å². The highest BCUT2D eigenvalue weighted by atomic mass is 15.2. The van der Waals surface area contributed by atoms with Gasteiger partial charge in [-0.15, -0.1) is 0 Å². The topological polar surface area (TPSA) is 15.3 Å². The lowest BCUT2D eigenvalue weighted by atomic mass is 9.86. The van der Waals surface area contributed by atoms with Crippen LogP contribution in [0, 0.1) is 0 Å². The second kappa shape index (κ2) is 2.99. The van der Waals surface area contributed by atoms with Crippen molar-refractivity contribution >= 4 is 5.69 Å². The Bertz CT molecular complexity index is 396. The van der Waals surface area contributed by atoms with Crippen molar-refractivity contribution in [1.82, 2.24) is 5.32 Å². The summed E-state index contributed by atoms with van der Waals surface area (Å²) in [4.78, 5) is 2.55. The lowest BCUT2D eigenvalue weighted by molar-refractivity contribution is 0.545. The van der Waals surface area contributed by atoms with Gasteiger partial charge >= 0.3 is 0 Å². The molecule has 1 aromatic carbocycles. The van der Waals surface area contributed by atoms with Crippen LogP contribution in [0.1, 0.15) is 25.0 Å². The van der Waals surface area contributed by atoms with Crippen LogP contribution in [0.2, 0.25) is 0 Å². The van der Waals surface area contributed by atoms with Gasteiger partial charge in [0.1, 0.15) is 0 Å². The Morgan fingerprint density at radius 3 is 3.07 bits per heavy atom. The molecule has 15 heavy (non-hydrogen) atoms. The molecular weight excluding hydrogens is 184 g/mol. The molecule has 0 aliphatic carbocycles. The molecule has 0 fully saturated rings. The van der Waals surface area contributed by atoms with E-state index in [1.54, 1.807) is 0 Å². The van der Waals surface area contributed by atoms with Crippen LogP contribution in [-0.4, -0.2) is 19.6 Å². The van der Waals surface area contributed by atoms with Crippen LogP contribution in [-0.2, 0) is 12.0 Å². The molecule has 2 aliphatic heterocycles. The molecular formula is C13H18N2. The Balaban J connectivity index is 2.21. The van der Waals surface area contributed by atoms with Crippen LogP contribution < -0.4 is 10.2 Å². The third-order valence-corrected chi connectivity index (χ3v) is 3.63. The number of hydrogen-bond acceptors (Lipinski definition) is 2. The summed E-state index contributed by atoms with van der Waals surface area (Å²) in [5, 5.41) is 3.48. The highest BCUT2D eigenvalue weighted by molar-refractivity contribution is 5.67. The average molecular weight is 202 g/mol. The van der Waals surface area contributed by atoms with E-state index in [0.717, 1.165) is 19.6 Å². The Labute approximate surface area is 91.3 Å². The highest BCUT2D eigenvalue weighted by Gasteiger charge is 2.36. The first-order valence-electron chi connectivity index (χ1n) is 5.76. The smallest absolute Gasteiger partial charge is 0.0451 e. The molecule has 2 aliphatic rings. The van der Waals surface area contributed by atoms with E-state index in [4.69, 9.17) is 0 Å². The minimum absolute atomic E-state index is 0.322. The van der Waals surface area contributed by atoms with Crippen molar-refractivity contribution in [3.8, 4) is 0 Å². The van der Waals surface area contributed by atoms with Gasteiger partial charge in [-0.25, -0.2) is 0 Å². The fraction of sp³-hybridized carbons (Fsp3) is 0.538. The van der Waals surface area contributed by atoms with E-state index in [9.17, 15) is 0 Å². The van der Waals surface area contributed by atoms with Gasteiger partial charge < -0.3 is 10.2 Å². The van der Waals surface area contributed by atoms with Crippen LogP contribution in [0.25, 0.3) is 0 Å². The first-order chi connectivity index (χ1) is 7.18. The summed E-state index contributed by atoms with van der Waals surface area (Å²) in [5.74, 6) is 0. The SMILES string of the molecule is CC1(C)CN2CCNCc3cccc1c32. The summed E-state index contributed by atoms with van der Waals surface area (Å²) in [7, 11) is 0. The monoisotopic (exact) mass is 202 g/mol. The summed E-state index contributed by atoms with van der Waals surface area (Å²) < 4.78 is 0. The van der Waals surface area contributed by atoms with Crippen molar-refractivity contribution in [2.24, 2.45) is 0 Å². The van der Waals surface area contributed by atoms with Crippen molar-refractivity contribution in [1.29, 1.82) is 0 Å². The lowest BCUT2D eigenvalue weighted by Crippen LogP contribution is -2.32. The summed E-state index contributed by atoms with van der Waals surface area (Å²) in [6.07, 6.45) is 0. The molecule has 0 radical (unpaired) electrons. The number of hydrogen-bond donors (Lipinski definition) is 1. The standard InChI is InChI=1S/C13H18N2/c1-13(2)9-15-7-6-14-8-10-4-3-5-11(13)12(10)15/h3-5,14H,6-9H2,1-2H3. The number of nitrogens with one attached hydrogen (secondary N) is 1. The van der Waals surface area contributed by atoms with E-state index < -0.39 is 0 Å². The van der Waals surface area contributed by atoms with E-state index in [2.05, 4.69) is 42.3 Å². The van der Waals surface area contributed by atoms with Crippen molar-refractivity contribution in [3.63, 3.8) is 0 Å². The van der Waals surface area contributed by atoms with Crippen LogP contribution in [0.5, 0.6) is 0 Å². The molecule has 0 bridgehead atoms. The van der Waals surface area contributed by atoms with Gasteiger partial charge in [-0.2, -0.15) is 0 Å². The largest absolute Gasteiger partial charge is 0.369 e. The minimum atomic E-state index is 0.322. The Morgan fingerprint density at radius 2 is 2.20 bits per heavy atom. The molecule has 2 nitrogen and oxygen atoms in total. The van der Waals surface area contributed by atoms with Crippen molar-refractivity contribution in [3.05, 3.63) is 29.3 Å². The van der Waals surface area contributed by atoms with Crippen LogP contribution >= 0.6 is 0 Å². The van der Waals surface area contributed by atoms with Gasteiger partial charge in [0.15, 0.2) is 0 Å². The predicted octanol–water partition coefficient (Wildman–Crippen LogP) is 1.89. The fourth-order valence-corrected chi connectivity index (χ4v) is 2.92. The normalized spacial score (nSPS) is 22.4. The molecule has 0 saturated carbocycles. The third-order valence-electron chi connectivity index (χ3n) is 3.63. The molecule has 0 saturated heterocycles. The maximum atomic E-state index is 3.48. The minimum Gasteiger partial charge on any atom is -0.369 e. The van der Waals surface area contributed by atoms with Crippen molar-refractivity contribution in [2.75, 3.05) is 24.5 Å². The first-order valence-corrected chi connectivity index (χ1v) is 5.76. The average Bonchev–Trinajstić information content (AvgIpc) is 2.35. The van der Waals surface area contributed by atoms with Gasteiger partial charge in [-0.1, -0.05) is 32.0 Å². The number of nitrogens with zero attached hydrogens (tertiary/aromatic N) is 1. The van der Waals surface area contributed by atoms with E-state index >= 15 is 0 Å². The number of para-hydroxylation sites is 1. The molecule has 0 amide bonds. The van der Waals surface area contributed by atoms with Crippen molar-refractivity contribution in [2.45, 2.75) is 25.8 Å². The number of rotatable bonds is 0. The van der Waals surface area contributed by atoms with Crippen molar-refractivity contribution < 1.29 is 0 Å². The zero-order valence-corrected chi connectivity index (χ0v) is 9.51. The van der Waals surface area contributed by atoms with Crippen LogP contribution in [0.3, 0.4) is 0 Å². The number of benzene rings is 1. The number of anilines is 1. The van der Waals surface area contributed by atoms with Gasteiger partial charge in [-0.05, 0) is 11.1 Å². The molecule has 2 heterocycles. The molecule has 1 aromatic rings. The molecule has 2 heteroatoms.